The number of ether oxygens (including phenoxy) is 1. The minimum atomic E-state index is -4.47. The van der Waals surface area contributed by atoms with Gasteiger partial charge in [-0.15, -0.1) is 0 Å². The quantitative estimate of drug-likeness (QED) is 0.470. The van der Waals surface area contributed by atoms with Gasteiger partial charge in [-0.2, -0.15) is 18.4 Å². The van der Waals surface area contributed by atoms with Crippen molar-refractivity contribution in [3.8, 4) is 6.07 Å². The average molecular weight is 354 g/mol. The molecule has 1 rings (SSSR count). The lowest BCUT2D eigenvalue weighted by molar-refractivity contribution is -0.0328. The van der Waals surface area contributed by atoms with Crippen LogP contribution in [0.3, 0.4) is 0 Å². The molecule has 8 heteroatoms. The van der Waals surface area contributed by atoms with Gasteiger partial charge in [0.2, 0.25) is 0 Å². The number of nitriles is 1. The molecule has 0 heterocycles. The van der Waals surface area contributed by atoms with Crippen LogP contribution < -0.4 is 0 Å². The summed E-state index contributed by atoms with van der Waals surface area (Å²) in [6, 6.07) is 4.04. The first-order valence-corrected chi connectivity index (χ1v) is 6.73. The molecule has 0 saturated carbocycles. The lowest BCUT2D eigenvalue weighted by Crippen LogP contribution is -2.07. The van der Waals surface area contributed by atoms with Crippen molar-refractivity contribution in [1.82, 2.24) is 0 Å². The van der Waals surface area contributed by atoms with Crippen LogP contribution in [0.5, 0.6) is 0 Å². The Balaban J connectivity index is 3.38. The predicted molar refractivity (Wildman–Crippen MR) is 67.0 cm³/mol. The van der Waals surface area contributed by atoms with Gasteiger partial charge in [0.05, 0.1) is 18.2 Å². The fraction of sp³-hybridized carbons (Fsp3) is 0.273. The fourth-order valence-electron chi connectivity index (χ4n) is 1.32. The van der Waals surface area contributed by atoms with E-state index in [1.165, 1.54) is 6.07 Å². The standard InChI is InChI=1S/C11H7BrF3NO2S/c1-18-10(17)8-3-9(19-11(13,14)15)6(4-12)2-7(8)5-16/h2-3H,4H2,1H3. The molecule has 0 amide bonds. The molecular weight excluding hydrogens is 347 g/mol. The highest BCUT2D eigenvalue weighted by atomic mass is 79.9. The summed E-state index contributed by atoms with van der Waals surface area (Å²) in [4.78, 5) is 11.3. The maximum atomic E-state index is 12.4. The van der Waals surface area contributed by atoms with Crippen LogP contribution in [0.15, 0.2) is 17.0 Å². The van der Waals surface area contributed by atoms with Gasteiger partial charge < -0.3 is 4.74 Å². The van der Waals surface area contributed by atoms with Crippen molar-refractivity contribution in [3.63, 3.8) is 0 Å². The smallest absolute Gasteiger partial charge is 0.446 e. The first kappa shape index (κ1) is 15.9. The number of alkyl halides is 4. The van der Waals surface area contributed by atoms with Gasteiger partial charge in [0, 0.05) is 10.2 Å². The number of esters is 1. The zero-order valence-electron chi connectivity index (χ0n) is 9.55. The first-order valence-electron chi connectivity index (χ1n) is 4.79. The van der Waals surface area contributed by atoms with Crippen molar-refractivity contribution in [3.05, 3.63) is 28.8 Å². The molecule has 0 N–H and O–H groups in total. The third kappa shape index (κ3) is 4.14. The second-order valence-corrected chi connectivity index (χ2v) is 4.96. The molecule has 3 nitrogen and oxygen atoms in total. The number of thioether (sulfide) groups is 1. The molecule has 0 saturated heterocycles. The molecule has 1 aromatic carbocycles. The molecule has 0 fully saturated rings. The van der Waals surface area contributed by atoms with Crippen LogP contribution in [0.2, 0.25) is 0 Å². The summed E-state index contributed by atoms with van der Waals surface area (Å²) >= 11 is 2.72. The molecule has 0 aromatic heterocycles. The predicted octanol–water partition coefficient (Wildman–Crippen LogP) is 3.85. The highest BCUT2D eigenvalue weighted by Gasteiger charge is 2.31. The lowest BCUT2D eigenvalue weighted by atomic mass is 10.1. The molecule has 0 spiro atoms. The van der Waals surface area contributed by atoms with E-state index in [1.54, 1.807) is 6.07 Å². The largest absolute Gasteiger partial charge is 0.465 e. The van der Waals surface area contributed by atoms with E-state index in [0.29, 0.717) is 0 Å². The maximum absolute atomic E-state index is 12.4. The maximum Gasteiger partial charge on any atom is 0.446 e. The van der Waals surface area contributed by atoms with Gasteiger partial charge in [-0.1, -0.05) is 15.9 Å². The van der Waals surface area contributed by atoms with Crippen molar-refractivity contribution < 1.29 is 22.7 Å². The molecule has 0 aliphatic carbocycles. The molecule has 0 aliphatic heterocycles. The zero-order chi connectivity index (χ0) is 14.6. The van der Waals surface area contributed by atoms with Gasteiger partial charge in [-0.05, 0) is 29.5 Å². The van der Waals surface area contributed by atoms with Crippen LogP contribution in [-0.2, 0) is 10.1 Å². The molecule has 0 aliphatic rings. The number of carbonyl (C=O) groups is 1. The van der Waals surface area contributed by atoms with E-state index < -0.39 is 11.5 Å². The van der Waals surface area contributed by atoms with E-state index in [2.05, 4.69) is 20.7 Å². The molecular formula is C11H7BrF3NO2S. The van der Waals surface area contributed by atoms with Crippen LogP contribution in [0.4, 0.5) is 13.2 Å². The number of hydrogen-bond acceptors (Lipinski definition) is 4. The summed E-state index contributed by atoms with van der Waals surface area (Å²) < 4.78 is 41.7. The number of methoxy groups -OCH3 is 1. The number of hydrogen-bond donors (Lipinski definition) is 0. The zero-order valence-corrected chi connectivity index (χ0v) is 11.9. The summed E-state index contributed by atoms with van der Waals surface area (Å²) in [5, 5.41) is 9.04. The second kappa shape index (κ2) is 6.30. The second-order valence-electron chi connectivity index (χ2n) is 3.29. The van der Waals surface area contributed by atoms with Gasteiger partial charge in [0.1, 0.15) is 6.07 Å². The van der Waals surface area contributed by atoms with Gasteiger partial charge in [-0.25, -0.2) is 4.79 Å². The van der Waals surface area contributed by atoms with Crippen LogP contribution in [0.1, 0.15) is 21.5 Å². The van der Waals surface area contributed by atoms with Crippen molar-refractivity contribution in [2.45, 2.75) is 15.7 Å². The van der Waals surface area contributed by atoms with Crippen LogP contribution >= 0.6 is 27.7 Å². The third-order valence-corrected chi connectivity index (χ3v) is 3.53. The SMILES string of the molecule is COC(=O)c1cc(SC(F)(F)F)c(CBr)cc1C#N. The Bertz CT molecular complexity index is 540. The Morgan fingerprint density at radius 1 is 1.53 bits per heavy atom. The number of halogens is 4. The average Bonchev–Trinajstić information content (AvgIpc) is 2.35. The first-order chi connectivity index (χ1) is 8.82. The van der Waals surface area contributed by atoms with Crippen molar-refractivity contribution in [1.29, 1.82) is 5.26 Å². The molecule has 0 atom stereocenters. The van der Waals surface area contributed by atoms with E-state index in [-0.39, 0.29) is 38.7 Å². The van der Waals surface area contributed by atoms with Crippen molar-refractivity contribution in [2.75, 3.05) is 7.11 Å². The molecule has 102 valence electrons. The van der Waals surface area contributed by atoms with Gasteiger partial charge in [0.25, 0.3) is 0 Å². The van der Waals surface area contributed by atoms with Gasteiger partial charge in [-0.3, -0.25) is 0 Å². The lowest BCUT2D eigenvalue weighted by Gasteiger charge is -2.12. The summed E-state index contributed by atoms with van der Waals surface area (Å²) in [7, 11) is 1.10. The summed E-state index contributed by atoms with van der Waals surface area (Å²) in [6.07, 6.45) is 0. The van der Waals surface area contributed by atoms with Gasteiger partial charge >= 0.3 is 11.5 Å². The minimum absolute atomic E-state index is 0.0205. The Kier molecular flexibility index (Phi) is 5.26. The monoisotopic (exact) mass is 353 g/mol. The minimum Gasteiger partial charge on any atom is -0.465 e. The molecule has 0 bridgehead atoms. The number of carbonyl (C=O) groups excluding carboxylic acids is 1. The number of rotatable bonds is 3. The van der Waals surface area contributed by atoms with E-state index >= 15 is 0 Å². The normalized spacial score (nSPS) is 10.9. The topological polar surface area (TPSA) is 50.1 Å². The molecule has 19 heavy (non-hydrogen) atoms. The van der Waals surface area contributed by atoms with Crippen molar-refractivity contribution in [2.24, 2.45) is 0 Å². The molecule has 0 radical (unpaired) electrons. The van der Waals surface area contributed by atoms with Gasteiger partial charge in [0.15, 0.2) is 0 Å². The van der Waals surface area contributed by atoms with E-state index in [9.17, 15) is 18.0 Å². The summed E-state index contributed by atoms with van der Waals surface area (Å²) in [6.45, 7) is 0. The molecule has 1 aromatic rings. The summed E-state index contributed by atoms with van der Waals surface area (Å²) in [5.41, 5.74) is -4.39. The summed E-state index contributed by atoms with van der Waals surface area (Å²) in [5.74, 6) is -0.846. The van der Waals surface area contributed by atoms with Crippen LogP contribution in [0, 0.1) is 11.3 Å². The highest BCUT2D eigenvalue weighted by Crippen LogP contribution is 2.40. The number of benzene rings is 1. The molecule has 0 unspecified atom stereocenters. The fourth-order valence-corrected chi connectivity index (χ4v) is 2.66. The van der Waals surface area contributed by atoms with Crippen LogP contribution in [-0.4, -0.2) is 18.6 Å². The Labute approximate surface area is 119 Å². The Hall–Kier alpha value is -1.20. The Morgan fingerprint density at radius 3 is 2.58 bits per heavy atom. The van der Waals surface area contributed by atoms with Crippen LogP contribution in [0.25, 0.3) is 0 Å². The Morgan fingerprint density at radius 2 is 2.16 bits per heavy atom. The highest BCUT2D eigenvalue weighted by molar-refractivity contribution is 9.08. The van der Waals surface area contributed by atoms with E-state index in [4.69, 9.17) is 5.26 Å². The third-order valence-electron chi connectivity index (χ3n) is 2.10. The van der Waals surface area contributed by atoms with E-state index in [1.807, 2.05) is 0 Å². The van der Waals surface area contributed by atoms with Crippen molar-refractivity contribution >= 4 is 33.7 Å². The van der Waals surface area contributed by atoms with E-state index in [0.717, 1.165) is 13.2 Å². The number of nitrogens with zero attached hydrogens (tertiary/aromatic N) is 1.